The van der Waals surface area contributed by atoms with Gasteiger partial charge in [0.15, 0.2) is 6.10 Å². The van der Waals surface area contributed by atoms with Crippen molar-refractivity contribution in [3.05, 3.63) is 0 Å². The Morgan fingerprint density at radius 1 is 1.69 bits per heavy atom. The SMILES string of the molecule is CCOC(=O)C(O)C1CCCCO1. The number of hydrogen-bond donors (Lipinski definition) is 1. The molecule has 1 N–H and O–H groups in total. The Kier molecular flexibility index (Phi) is 4.18. The van der Waals surface area contributed by atoms with Crippen molar-refractivity contribution < 1.29 is 19.4 Å². The molecule has 1 saturated heterocycles. The monoisotopic (exact) mass is 188 g/mol. The van der Waals surface area contributed by atoms with Crippen molar-refractivity contribution in [2.45, 2.75) is 38.4 Å². The predicted molar refractivity (Wildman–Crippen MR) is 46.2 cm³/mol. The van der Waals surface area contributed by atoms with Crippen LogP contribution in [0.15, 0.2) is 0 Å². The molecule has 0 bridgehead atoms. The second-order valence-electron chi connectivity index (χ2n) is 3.10. The quantitative estimate of drug-likeness (QED) is 0.654. The van der Waals surface area contributed by atoms with E-state index in [4.69, 9.17) is 4.74 Å². The number of carbonyl (C=O) groups excluding carboxylic acids is 1. The van der Waals surface area contributed by atoms with Crippen molar-refractivity contribution >= 4 is 5.97 Å². The number of ether oxygens (including phenoxy) is 2. The zero-order valence-corrected chi connectivity index (χ0v) is 7.86. The molecule has 0 spiro atoms. The molecular formula is C9H16O4. The number of esters is 1. The van der Waals surface area contributed by atoms with Crippen molar-refractivity contribution in [3.8, 4) is 0 Å². The van der Waals surface area contributed by atoms with E-state index in [2.05, 4.69) is 4.74 Å². The van der Waals surface area contributed by atoms with Crippen LogP contribution in [0.1, 0.15) is 26.2 Å². The molecule has 1 rings (SSSR count). The lowest BCUT2D eigenvalue weighted by Crippen LogP contribution is -2.39. The van der Waals surface area contributed by atoms with Crippen LogP contribution in [0, 0.1) is 0 Å². The topological polar surface area (TPSA) is 55.8 Å². The van der Waals surface area contributed by atoms with Crippen molar-refractivity contribution in [1.29, 1.82) is 0 Å². The molecule has 0 aromatic carbocycles. The maximum atomic E-state index is 11.1. The highest BCUT2D eigenvalue weighted by atomic mass is 16.6. The number of carbonyl (C=O) groups is 1. The maximum Gasteiger partial charge on any atom is 0.337 e. The zero-order valence-electron chi connectivity index (χ0n) is 7.86. The molecule has 2 atom stereocenters. The van der Waals surface area contributed by atoms with E-state index >= 15 is 0 Å². The number of aliphatic hydroxyl groups is 1. The lowest BCUT2D eigenvalue weighted by atomic mass is 10.0. The molecule has 4 nitrogen and oxygen atoms in total. The highest BCUT2D eigenvalue weighted by molar-refractivity contribution is 5.75. The van der Waals surface area contributed by atoms with E-state index in [0.29, 0.717) is 13.2 Å². The van der Waals surface area contributed by atoms with Gasteiger partial charge in [-0.2, -0.15) is 0 Å². The average molecular weight is 188 g/mol. The zero-order chi connectivity index (χ0) is 9.68. The highest BCUT2D eigenvalue weighted by Crippen LogP contribution is 2.16. The first kappa shape index (κ1) is 10.5. The molecule has 76 valence electrons. The van der Waals surface area contributed by atoms with Gasteiger partial charge >= 0.3 is 5.97 Å². The fourth-order valence-corrected chi connectivity index (χ4v) is 1.39. The van der Waals surface area contributed by atoms with Gasteiger partial charge < -0.3 is 14.6 Å². The van der Waals surface area contributed by atoms with Crippen molar-refractivity contribution in [3.63, 3.8) is 0 Å². The summed E-state index contributed by atoms with van der Waals surface area (Å²) in [5, 5.41) is 9.47. The van der Waals surface area contributed by atoms with E-state index in [1.54, 1.807) is 6.92 Å². The molecule has 2 unspecified atom stereocenters. The van der Waals surface area contributed by atoms with E-state index < -0.39 is 12.1 Å². The van der Waals surface area contributed by atoms with E-state index in [9.17, 15) is 9.90 Å². The van der Waals surface area contributed by atoms with Gasteiger partial charge in [-0.15, -0.1) is 0 Å². The number of rotatable bonds is 3. The molecular weight excluding hydrogens is 172 g/mol. The maximum absolute atomic E-state index is 11.1. The molecule has 0 aromatic rings. The summed E-state index contributed by atoms with van der Waals surface area (Å²) in [5.41, 5.74) is 0. The largest absolute Gasteiger partial charge is 0.464 e. The Balaban J connectivity index is 2.35. The Labute approximate surface area is 77.8 Å². The molecule has 1 aliphatic heterocycles. The first-order chi connectivity index (χ1) is 6.25. The number of aliphatic hydroxyl groups excluding tert-OH is 1. The van der Waals surface area contributed by atoms with Crippen LogP contribution in [0.5, 0.6) is 0 Å². The van der Waals surface area contributed by atoms with Crippen LogP contribution in [0.2, 0.25) is 0 Å². The highest BCUT2D eigenvalue weighted by Gasteiger charge is 2.29. The minimum Gasteiger partial charge on any atom is -0.464 e. The van der Waals surface area contributed by atoms with Crippen LogP contribution in [0.3, 0.4) is 0 Å². The van der Waals surface area contributed by atoms with E-state index in [1.807, 2.05) is 0 Å². The van der Waals surface area contributed by atoms with Crippen molar-refractivity contribution in [2.24, 2.45) is 0 Å². The molecule has 1 heterocycles. The first-order valence-corrected chi connectivity index (χ1v) is 4.72. The molecule has 4 heteroatoms. The van der Waals surface area contributed by atoms with E-state index in [0.717, 1.165) is 19.3 Å². The molecule has 0 radical (unpaired) electrons. The van der Waals surface area contributed by atoms with E-state index in [-0.39, 0.29) is 6.10 Å². The normalized spacial score (nSPS) is 25.2. The molecule has 0 amide bonds. The van der Waals surface area contributed by atoms with Gasteiger partial charge in [0.1, 0.15) is 0 Å². The van der Waals surface area contributed by atoms with Gasteiger partial charge in [0.05, 0.1) is 12.7 Å². The molecule has 1 aliphatic rings. The van der Waals surface area contributed by atoms with E-state index in [1.165, 1.54) is 0 Å². The fourth-order valence-electron chi connectivity index (χ4n) is 1.39. The van der Waals surface area contributed by atoms with Crippen LogP contribution < -0.4 is 0 Å². The summed E-state index contributed by atoms with van der Waals surface area (Å²) in [6.45, 7) is 2.64. The van der Waals surface area contributed by atoms with Gasteiger partial charge in [0.25, 0.3) is 0 Å². The summed E-state index contributed by atoms with van der Waals surface area (Å²) < 4.78 is 9.94. The van der Waals surface area contributed by atoms with Crippen LogP contribution in [0.4, 0.5) is 0 Å². The predicted octanol–water partition coefficient (Wildman–Crippen LogP) is 0.479. The van der Waals surface area contributed by atoms with Crippen molar-refractivity contribution in [2.75, 3.05) is 13.2 Å². The fraction of sp³-hybridized carbons (Fsp3) is 0.889. The van der Waals surface area contributed by atoms with Gasteiger partial charge in [0.2, 0.25) is 0 Å². The van der Waals surface area contributed by atoms with Gasteiger partial charge in [-0.05, 0) is 26.2 Å². The van der Waals surface area contributed by atoms with Gasteiger partial charge in [0, 0.05) is 6.61 Å². The molecule has 0 aliphatic carbocycles. The second kappa shape index (κ2) is 5.19. The Morgan fingerprint density at radius 2 is 2.46 bits per heavy atom. The first-order valence-electron chi connectivity index (χ1n) is 4.72. The van der Waals surface area contributed by atoms with Crippen LogP contribution in [-0.2, 0) is 14.3 Å². The third-order valence-electron chi connectivity index (χ3n) is 2.10. The Hall–Kier alpha value is -0.610. The summed E-state index contributed by atoms with van der Waals surface area (Å²) in [6.07, 6.45) is 1.26. The lowest BCUT2D eigenvalue weighted by molar-refractivity contribution is -0.164. The standard InChI is InChI=1S/C9H16O4/c1-2-12-9(11)8(10)7-5-3-4-6-13-7/h7-8,10H,2-6H2,1H3. The lowest BCUT2D eigenvalue weighted by Gasteiger charge is -2.25. The smallest absolute Gasteiger partial charge is 0.337 e. The van der Waals surface area contributed by atoms with Crippen LogP contribution in [0.25, 0.3) is 0 Å². The summed E-state index contributed by atoms with van der Waals surface area (Å²) in [5.74, 6) is -0.575. The van der Waals surface area contributed by atoms with Crippen LogP contribution in [-0.4, -0.2) is 36.5 Å². The Bertz CT molecular complexity index is 163. The average Bonchev–Trinajstić information content (AvgIpc) is 2.18. The third kappa shape index (κ3) is 2.97. The summed E-state index contributed by atoms with van der Waals surface area (Å²) >= 11 is 0. The second-order valence-corrected chi connectivity index (χ2v) is 3.10. The summed E-state index contributed by atoms with van der Waals surface area (Å²) in [6, 6.07) is 0. The summed E-state index contributed by atoms with van der Waals surface area (Å²) in [4.78, 5) is 11.1. The van der Waals surface area contributed by atoms with Gasteiger partial charge in [-0.3, -0.25) is 0 Å². The minimum atomic E-state index is -1.11. The summed E-state index contributed by atoms with van der Waals surface area (Å²) in [7, 11) is 0. The molecule has 0 saturated carbocycles. The molecule has 0 aromatic heterocycles. The van der Waals surface area contributed by atoms with Gasteiger partial charge in [-0.25, -0.2) is 4.79 Å². The van der Waals surface area contributed by atoms with Crippen molar-refractivity contribution in [1.82, 2.24) is 0 Å². The molecule has 1 fully saturated rings. The molecule has 13 heavy (non-hydrogen) atoms. The number of hydrogen-bond acceptors (Lipinski definition) is 4. The Morgan fingerprint density at radius 3 is 3.00 bits per heavy atom. The van der Waals surface area contributed by atoms with Crippen LogP contribution >= 0.6 is 0 Å². The third-order valence-corrected chi connectivity index (χ3v) is 2.10. The minimum absolute atomic E-state index is 0.294. The van der Waals surface area contributed by atoms with Gasteiger partial charge in [-0.1, -0.05) is 0 Å².